The molecule has 104 valence electrons. The molecule has 0 aromatic heterocycles. The second-order valence-corrected chi connectivity index (χ2v) is 5.63. The summed E-state index contributed by atoms with van der Waals surface area (Å²) in [4.78, 5) is 11.5. The predicted octanol–water partition coefficient (Wildman–Crippen LogP) is 3.55. The highest BCUT2D eigenvalue weighted by Crippen LogP contribution is 2.12. The van der Waals surface area contributed by atoms with Gasteiger partial charge in [-0.3, -0.25) is 0 Å². The molecule has 0 unspecified atom stereocenters. The number of carbonyl (C=O) groups is 1. The van der Waals surface area contributed by atoms with Gasteiger partial charge in [0.05, 0.1) is 5.71 Å². The molecular weight excluding hydrogens is 240 g/mol. The molecule has 19 heavy (non-hydrogen) atoms. The minimum absolute atomic E-state index is 0.521. The van der Waals surface area contributed by atoms with Crippen molar-refractivity contribution in [1.29, 1.82) is 0 Å². The Hall–Kier alpha value is -1.84. The Kier molecular flexibility index (Phi) is 4.70. The summed E-state index contributed by atoms with van der Waals surface area (Å²) in [6.45, 7) is 11.3. The zero-order valence-electron chi connectivity index (χ0n) is 12.5. The fraction of sp³-hybridized carbons (Fsp3) is 0.467. The summed E-state index contributed by atoms with van der Waals surface area (Å²) in [6, 6.07) is 6.13. The van der Waals surface area contributed by atoms with E-state index in [-0.39, 0.29) is 0 Å². The lowest BCUT2D eigenvalue weighted by Crippen LogP contribution is -2.30. The molecule has 0 bridgehead atoms. The number of benzene rings is 1. The molecule has 0 fully saturated rings. The molecule has 4 heteroatoms. The Labute approximate surface area is 114 Å². The first-order valence-corrected chi connectivity index (χ1v) is 6.30. The van der Waals surface area contributed by atoms with Crippen molar-refractivity contribution in [3.8, 4) is 0 Å². The maximum Gasteiger partial charge on any atom is 0.428 e. The molecule has 0 aliphatic heterocycles. The minimum Gasteiger partial charge on any atom is -0.443 e. The second kappa shape index (κ2) is 5.87. The first kappa shape index (κ1) is 15.2. The molecule has 1 aromatic rings. The third-order valence-corrected chi connectivity index (χ3v) is 2.50. The van der Waals surface area contributed by atoms with E-state index < -0.39 is 11.7 Å². The summed E-state index contributed by atoms with van der Waals surface area (Å²) >= 11 is 0. The molecule has 0 aliphatic carbocycles. The normalized spacial score (nSPS) is 12.2. The summed E-state index contributed by atoms with van der Waals surface area (Å²) in [5, 5.41) is 4.07. The third kappa shape index (κ3) is 5.12. The Morgan fingerprint density at radius 1 is 1.26 bits per heavy atom. The molecule has 0 saturated carbocycles. The van der Waals surface area contributed by atoms with Crippen LogP contribution in [0.1, 0.15) is 44.4 Å². The molecule has 1 amide bonds. The van der Waals surface area contributed by atoms with Gasteiger partial charge in [-0.2, -0.15) is 5.10 Å². The molecule has 1 rings (SSSR count). The fourth-order valence-corrected chi connectivity index (χ4v) is 1.62. The molecule has 0 saturated heterocycles. The first-order valence-electron chi connectivity index (χ1n) is 6.30. The van der Waals surface area contributed by atoms with Gasteiger partial charge < -0.3 is 4.74 Å². The molecule has 0 atom stereocenters. The molecule has 0 spiro atoms. The van der Waals surface area contributed by atoms with E-state index in [0.29, 0.717) is 0 Å². The number of amides is 1. The van der Waals surface area contributed by atoms with E-state index in [0.717, 1.165) is 22.4 Å². The van der Waals surface area contributed by atoms with E-state index in [1.807, 2.05) is 59.7 Å². The predicted molar refractivity (Wildman–Crippen MR) is 77.5 cm³/mol. The van der Waals surface area contributed by atoms with Gasteiger partial charge in [0.15, 0.2) is 0 Å². The van der Waals surface area contributed by atoms with Crippen LogP contribution in [0, 0.1) is 13.8 Å². The van der Waals surface area contributed by atoms with Crippen LogP contribution in [0.15, 0.2) is 23.3 Å². The van der Waals surface area contributed by atoms with Gasteiger partial charge in [0.2, 0.25) is 0 Å². The van der Waals surface area contributed by atoms with Crippen LogP contribution in [0.2, 0.25) is 0 Å². The number of hydrogen-bond acceptors (Lipinski definition) is 3. The summed E-state index contributed by atoms with van der Waals surface area (Å²) in [7, 11) is 0. The highest BCUT2D eigenvalue weighted by atomic mass is 16.6. The molecular formula is C15H22N2O2. The number of nitrogens with zero attached hydrogens (tertiary/aromatic N) is 1. The van der Waals surface area contributed by atoms with Gasteiger partial charge in [-0.25, -0.2) is 10.2 Å². The third-order valence-electron chi connectivity index (χ3n) is 2.50. The average molecular weight is 262 g/mol. The number of aryl methyl sites for hydroxylation is 2. The smallest absolute Gasteiger partial charge is 0.428 e. The van der Waals surface area contributed by atoms with Crippen LogP contribution < -0.4 is 5.43 Å². The van der Waals surface area contributed by atoms with Crippen LogP contribution in [-0.4, -0.2) is 17.4 Å². The summed E-state index contributed by atoms with van der Waals surface area (Å²) < 4.78 is 5.12. The number of rotatable bonds is 2. The number of carbonyl (C=O) groups excluding carboxylic acids is 1. The molecule has 0 heterocycles. The average Bonchev–Trinajstić information content (AvgIpc) is 2.27. The lowest BCUT2D eigenvalue weighted by atomic mass is 10.0. The molecule has 1 aromatic carbocycles. The molecule has 0 radical (unpaired) electrons. The first-order chi connectivity index (χ1) is 8.69. The minimum atomic E-state index is -0.544. The Morgan fingerprint density at radius 3 is 2.47 bits per heavy atom. The van der Waals surface area contributed by atoms with Gasteiger partial charge in [0.25, 0.3) is 0 Å². The Balaban J connectivity index is 2.77. The van der Waals surface area contributed by atoms with Crippen LogP contribution in [-0.2, 0) is 4.74 Å². The van der Waals surface area contributed by atoms with Crippen LogP contribution in [0.5, 0.6) is 0 Å². The van der Waals surface area contributed by atoms with Crippen molar-refractivity contribution in [2.24, 2.45) is 5.10 Å². The van der Waals surface area contributed by atoms with E-state index >= 15 is 0 Å². The van der Waals surface area contributed by atoms with E-state index in [9.17, 15) is 4.79 Å². The Bertz CT molecular complexity index is 499. The van der Waals surface area contributed by atoms with Crippen molar-refractivity contribution >= 4 is 11.8 Å². The van der Waals surface area contributed by atoms with Gasteiger partial charge in [-0.15, -0.1) is 0 Å². The van der Waals surface area contributed by atoms with Gasteiger partial charge in [-0.05, 0) is 53.2 Å². The molecule has 4 nitrogen and oxygen atoms in total. The van der Waals surface area contributed by atoms with Crippen molar-refractivity contribution in [3.63, 3.8) is 0 Å². The van der Waals surface area contributed by atoms with Crippen LogP contribution in [0.3, 0.4) is 0 Å². The van der Waals surface area contributed by atoms with Crippen LogP contribution in [0.25, 0.3) is 0 Å². The van der Waals surface area contributed by atoms with E-state index in [1.54, 1.807) is 0 Å². The van der Waals surface area contributed by atoms with Crippen molar-refractivity contribution in [2.45, 2.75) is 47.1 Å². The standard InChI is InChI=1S/C15H22N2O2/c1-10-7-8-11(2)13(9-10)12(3)16-17-14(18)19-15(4,5)6/h7-9H,1-6H3,(H,17,18)/b16-12-. The zero-order valence-corrected chi connectivity index (χ0v) is 12.5. The van der Waals surface area contributed by atoms with Crippen LogP contribution >= 0.6 is 0 Å². The largest absolute Gasteiger partial charge is 0.443 e. The lowest BCUT2D eigenvalue weighted by molar-refractivity contribution is 0.0529. The molecule has 0 aliphatic rings. The van der Waals surface area contributed by atoms with Crippen LogP contribution in [0.4, 0.5) is 4.79 Å². The zero-order chi connectivity index (χ0) is 14.6. The number of nitrogens with one attached hydrogen (secondary N) is 1. The van der Waals surface area contributed by atoms with E-state index in [1.165, 1.54) is 0 Å². The monoisotopic (exact) mass is 262 g/mol. The maximum absolute atomic E-state index is 11.5. The summed E-state index contributed by atoms with van der Waals surface area (Å²) in [5.74, 6) is 0. The highest BCUT2D eigenvalue weighted by Gasteiger charge is 2.15. The quantitative estimate of drug-likeness (QED) is 0.654. The SMILES string of the molecule is C/C(=N/NC(=O)OC(C)(C)C)c1cc(C)ccc1C. The van der Waals surface area contributed by atoms with Gasteiger partial charge >= 0.3 is 6.09 Å². The van der Waals surface area contributed by atoms with Crippen molar-refractivity contribution in [1.82, 2.24) is 5.43 Å². The van der Waals surface area contributed by atoms with E-state index in [4.69, 9.17) is 4.74 Å². The second-order valence-electron chi connectivity index (χ2n) is 5.63. The van der Waals surface area contributed by atoms with Gasteiger partial charge in [0, 0.05) is 5.56 Å². The summed E-state index contributed by atoms with van der Waals surface area (Å²) in [5.41, 5.74) is 5.95. The molecule has 1 N–H and O–H groups in total. The number of ether oxygens (including phenoxy) is 1. The van der Waals surface area contributed by atoms with Crippen molar-refractivity contribution < 1.29 is 9.53 Å². The maximum atomic E-state index is 11.5. The van der Waals surface area contributed by atoms with Crippen molar-refractivity contribution in [3.05, 3.63) is 34.9 Å². The number of hydrazone groups is 1. The van der Waals surface area contributed by atoms with Gasteiger partial charge in [-0.1, -0.05) is 17.7 Å². The summed E-state index contributed by atoms with van der Waals surface area (Å²) in [6.07, 6.45) is -0.544. The lowest BCUT2D eigenvalue weighted by Gasteiger charge is -2.18. The van der Waals surface area contributed by atoms with Gasteiger partial charge in [0.1, 0.15) is 5.60 Å². The Morgan fingerprint density at radius 2 is 1.89 bits per heavy atom. The van der Waals surface area contributed by atoms with Crippen molar-refractivity contribution in [2.75, 3.05) is 0 Å². The fourth-order valence-electron chi connectivity index (χ4n) is 1.62. The van der Waals surface area contributed by atoms with E-state index in [2.05, 4.69) is 10.5 Å². The number of hydrogen-bond donors (Lipinski definition) is 1. The topological polar surface area (TPSA) is 50.7 Å². The highest BCUT2D eigenvalue weighted by molar-refractivity contribution is 6.00.